The van der Waals surface area contributed by atoms with Crippen molar-refractivity contribution in [3.05, 3.63) is 65.2 Å². The fraction of sp³-hybridized carbons (Fsp3) is 0.483. The number of nitrogens with zero attached hydrogens (tertiary/aromatic N) is 3. The predicted molar refractivity (Wildman–Crippen MR) is 142 cm³/mol. The van der Waals surface area contributed by atoms with E-state index in [0.29, 0.717) is 24.2 Å². The number of carbonyl (C=O) groups is 3. The lowest BCUT2D eigenvalue weighted by Gasteiger charge is -2.37. The van der Waals surface area contributed by atoms with Crippen molar-refractivity contribution >= 4 is 23.4 Å². The monoisotopic (exact) mass is 490 g/mol. The molecule has 192 valence electrons. The van der Waals surface area contributed by atoms with Crippen LogP contribution in [0.1, 0.15) is 73.2 Å². The second-order valence-corrected chi connectivity index (χ2v) is 11.0. The smallest absolute Gasteiger partial charge is 0.253 e. The number of piperazine rings is 1. The SMILES string of the molecule is CC(=O)N(c1ccc(C(=O)N2CCN(Cc3cccc(C(=O)NC(C)(C)C)c3)CC2)cc1)C1CCC1. The second kappa shape index (κ2) is 10.8. The van der Waals surface area contributed by atoms with E-state index in [1.165, 1.54) is 0 Å². The third kappa shape index (κ3) is 6.32. The molecule has 0 atom stereocenters. The van der Waals surface area contributed by atoms with Crippen LogP contribution < -0.4 is 10.2 Å². The van der Waals surface area contributed by atoms with Crippen molar-refractivity contribution in [3.8, 4) is 0 Å². The van der Waals surface area contributed by atoms with E-state index in [2.05, 4.69) is 10.2 Å². The van der Waals surface area contributed by atoms with Crippen molar-refractivity contribution in [1.82, 2.24) is 15.1 Å². The normalized spacial score (nSPS) is 16.8. The molecule has 2 fully saturated rings. The lowest BCUT2D eigenvalue weighted by molar-refractivity contribution is -0.117. The molecule has 1 saturated carbocycles. The van der Waals surface area contributed by atoms with Gasteiger partial charge in [-0.05, 0) is 82.0 Å². The average molecular weight is 491 g/mol. The molecule has 0 bridgehead atoms. The Hall–Kier alpha value is -3.19. The lowest BCUT2D eigenvalue weighted by Crippen LogP contribution is -2.48. The van der Waals surface area contributed by atoms with Crippen molar-refractivity contribution < 1.29 is 14.4 Å². The van der Waals surface area contributed by atoms with E-state index < -0.39 is 0 Å². The summed E-state index contributed by atoms with van der Waals surface area (Å²) >= 11 is 0. The molecule has 1 heterocycles. The van der Waals surface area contributed by atoms with Gasteiger partial charge in [0.15, 0.2) is 0 Å². The molecule has 7 heteroatoms. The highest BCUT2D eigenvalue weighted by Gasteiger charge is 2.28. The van der Waals surface area contributed by atoms with Gasteiger partial charge in [-0.15, -0.1) is 0 Å². The minimum absolute atomic E-state index is 0.0278. The third-order valence-corrected chi connectivity index (χ3v) is 6.91. The van der Waals surface area contributed by atoms with Crippen LogP contribution in [0.5, 0.6) is 0 Å². The van der Waals surface area contributed by atoms with Crippen molar-refractivity contribution in [2.75, 3.05) is 31.1 Å². The zero-order valence-electron chi connectivity index (χ0n) is 21.9. The zero-order valence-corrected chi connectivity index (χ0v) is 21.9. The standard InChI is InChI=1S/C29H38N4O3/c1-21(34)33(25-9-6-10-25)26-13-11-23(12-14-26)28(36)32-17-15-31(16-18-32)20-22-7-5-8-24(19-22)27(35)30-29(2,3)4/h5,7-8,11-14,19,25H,6,9-10,15-18,20H2,1-4H3,(H,30,35). The first-order valence-corrected chi connectivity index (χ1v) is 12.9. The molecular weight excluding hydrogens is 452 g/mol. The van der Waals surface area contributed by atoms with Crippen molar-refractivity contribution in [1.29, 1.82) is 0 Å². The van der Waals surface area contributed by atoms with Crippen LogP contribution in [0.15, 0.2) is 48.5 Å². The summed E-state index contributed by atoms with van der Waals surface area (Å²) < 4.78 is 0. The van der Waals surface area contributed by atoms with Gasteiger partial charge in [-0.2, -0.15) is 0 Å². The van der Waals surface area contributed by atoms with E-state index in [-0.39, 0.29) is 29.3 Å². The highest BCUT2D eigenvalue weighted by molar-refractivity contribution is 5.96. The van der Waals surface area contributed by atoms with Gasteiger partial charge in [-0.3, -0.25) is 19.3 Å². The fourth-order valence-corrected chi connectivity index (χ4v) is 4.83. The Balaban J connectivity index is 1.31. The first-order valence-electron chi connectivity index (χ1n) is 12.9. The largest absolute Gasteiger partial charge is 0.347 e. The van der Waals surface area contributed by atoms with Crippen molar-refractivity contribution in [2.45, 2.75) is 65.1 Å². The molecule has 3 amide bonds. The molecular formula is C29H38N4O3. The minimum Gasteiger partial charge on any atom is -0.347 e. The van der Waals surface area contributed by atoms with E-state index >= 15 is 0 Å². The van der Waals surface area contributed by atoms with Crippen LogP contribution in [0.4, 0.5) is 5.69 Å². The van der Waals surface area contributed by atoms with Crippen LogP contribution in [0.25, 0.3) is 0 Å². The van der Waals surface area contributed by atoms with Crippen molar-refractivity contribution in [3.63, 3.8) is 0 Å². The molecule has 2 aromatic rings. The number of amides is 3. The highest BCUT2D eigenvalue weighted by Crippen LogP contribution is 2.30. The summed E-state index contributed by atoms with van der Waals surface area (Å²) in [6, 6.07) is 15.5. The van der Waals surface area contributed by atoms with E-state index in [0.717, 1.165) is 50.1 Å². The first-order chi connectivity index (χ1) is 17.1. The van der Waals surface area contributed by atoms with E-state index in [1.807, 2.05) is 79.1 Å². The number of benzene rings is 2. The van der Waals surface area contributed by atoms with Gasteiger partial charge in [-0.25, -0.2) is 0 Å². The van der Waals surface area contributed by atoms with Crippen LogP contribution >= 0.6 is 0 Å². The molecule has 0 radical (unpaired) electrons. The van der Waals surface area contributed by atoms with Gasteiger partial charge in [0, 0.05) is 68.0 Å². The molecule has 2 aliphatic rings. The first kappa shape index (κ1) is 25.9. The highest BCUT2D eigenvalue weighted by atomic mass is 16.2. The number of hydrogen-bond acceptors (Lipinski definition) is 4. The third-order valence-electron chi connectivity index (χ3n) is 6.91. The molecule has 0 unspecified atom stereocenters. The van der Waals surface area contributed by atoms with Crippen molar-refractivity contribution in [2.24, 2.45) is 0 Å². The number of nitrogens with one attached hydrogen (secondary N) is 1. The molecule has 7 nitrogen and oxygen atoms in total. The molecule has 0 aromatic heterocycles. The van der Waals surface area contributed by atoms with Crippen LogP contribution in [-0.4, -0.2) is 65.3 Å². The van der Waals surface area contributed by atoms with Gasteiger partial charge in [0.05, 0.1) is 0 Å². The summed E-state index contributed by atoms with van der Waals surface area (Å²) in [5, 5.41) is 3.01. The van der Waals surface area contributed by atoms with E-state index in [9.17, 15) is 14.4 Å². The summed E-state index contributed by atoms with van der Waals surface area (Å²) in [4.78, 5) is 43.8. The number of carbonyl (C=O) groups excluding carboxylic acids is 3. The summed E-state index contributed by atoms with van der Waals surface area (Å²) in [6.45, 7) is 11.1. The van der Waals surface area contributed by atoms with Crippen LogP contribution in [0.2, 0.25) is 0 Å². The minimum atomic E-state index is -0.278. The van der Waals surface area contributed by atoms with E-state index in [4.69, 9.17) is 0 Å². The van der Waals surface area contributed by atoms with Gasteiger partial charge in [0.2, 0.25) is 5.91 Å². The molecule has 1 aliphatic heterocycles. The van der Waals surface area contributed by atoms with Gasteiger partial charge < -0.3 is 15.1 Å². The Morgan fingerprint density at radius 1 is 0.944 bits per heavy atom. The summed E-state index contributed by atoms with van der Waals surface area (Å²) in [6.07, 6.45) is 3.24. The fourth-order valence-electron chi connectivity index (χ4n) is 4.83. The molecule has 0 spiro atoms. The molecule has 2 aromatic carbocycles. The maximum Gasteiger partial charge on any atom is 0.253 e. The second-order valence-electron chi connectivity index (χ2n) is 11.0. The quantitative estimate of drug-likeness (QED) is 0.662. The average Bonchev–Trinajstić information content (AvgIpc) is 2.80. The summed E-state index contributed by atoms with van der Waals surface area (Å²) in [5.74, 6) is 0.0141. The van der Waals surface area contributed by atoms with Gasteiger partial charge in [-0.1, -0.05) is 12.1 Å². The van der Waals surface area contributed by atoms with Crippen LogP contribution in [-0.2, 0) is 11.3 Å². The molecule has 36 heavy (non-hydrogen) atoms. The molecule has 1 saturated heterocycles. The topological polar surface area (TPSA) is 73.0 Å². The van der Waals surface area contributed by atoms with Crippen LogP contribution in [0.3, 0.4) is 0 Å². The molecule has 1 aliphatic carbocycles. The number of rotatable bonds is 6. The maximum absolute atomic E-state index is 13.1. The lowest BCUT2D eigenvalue weighted by atomic mass is 9.91. The van der Waals surface area contributed by atoms with Gasteiger partial charge in [0.1, 0.15) is 0 Å². The Morgan fingerprint density at radius 3 is 2.17 bits per heavy atom. The zero-order chi connectivity index (χ0) is 25.9. The summed E-state index contributed by atoms with van der Waals surface area (Å²) in [5.41, 5.74) is 3.00. The summed E-state index contributed by atoms with van der Waals surface area (Å²) in [7, 11) is 0. The Bertz CT molecular complexity index is 1090. The van der Waals surface area contributed by atoms with E-state index in [1.54, 1.807) is 6.92 Å². The number of anilines is 1. The predicted octanol–water partition coefficient (Wildman–Crippen LogP) is 4.08. The van der Waals surface area contributed by atoms with Gasteiger partial charge in [0.25, 0.3) is 11.8 Å². The Labute approximate surface area is 214 Å². The Morgan fingerprint density at radius 2 is 1.61 bits per heavy atom. The molecule has 4 rings (SSSR count). The van der Waals surface area contributed by atoms with Crippen LogP contribution in [0, 0.1) is 0 Å². The van der Waals surface area contributed by atoms with Gasteiger partial charge >= 0.3 is 0 Å². The number of hydrogen-bond donors (Lipinski definition) is 1. The Kier molecular flexibility index (Phi) is 7.79. The molecule has 1 N–H and O–H groups in total. The maximum atomic E-state index is 13.1.